The van der Waals surface area contributed by atoms with E-state index in [1.807, 2.05) is 6.92 Å². The maximum absolute atomic E-state index is 9.55. The summed E-state index contributed by atoms with van der Waals surface area (Å²) in [5, 5.41) is 9.55. The molecule has 2 unspecified atom stereocenters. The van der Waals surface area contributed by atoms with E-state index < -0.39 is 0 Å². The summed E-state index contributed by atoms with van der Waals surface area (Å²) in [5.41, 5.74) is -0.0349. The molecule has 1 saturated heterocycles. The van der Waals surface area contributed by atoms with Crippen LogP contribution in [-0.4, -0.2) is 48.0 Å². The molecule has 3 nitrogen and oxygen atoms in total. The topological polar surface area (TPSA) is 32.7 Å². The van der Waals surface area contributed by atoms with Gasteiger partial charge in [-0.1, -0.05) is 6.42 Å². The molecular formula is C14H29NO2. The normalized spacial score (nSPS) is 24.9. The van der Waals surface area contributed by atoms with Crippen molar-refractivity contribution in [3.8, 4) is 0 Å². The van der Waals surface area contributed by atoms with Crippen LogP contribution in [0.15, 0.2) is 0 Å². The van der Waals surface area contributed by atoms with Gasteiger partial charge >= 0.3 is 0 Å². The fraction of sp³-hybridized carbons (Fsp3) is 1.00. The number of aliphatic hydroxyl groups excluding tert-OH is 1. The molecular weight excluding hydrogens is 214 g/mol. The fourth-order valence-corrected chi connectivity index (χ4v) is 2.53. The van der Waals surface area contributed by atoms with Crippen molar-refractivity contribution in [2.75, 3.05) is 20.2 Å². The number of piperidine rings is 1. The summed E-state index contributed by atoms with van der Waals surface area (Å²) in [5.74, 6) is 0. The van der Waals surface area contributed by atoms with Gasteiger partial charge in [-0.05, 0) is 53.0 Å². The van der Waals surface area contributed by atoms with Crippen molar-refractivity contribution in [1.82, 2.24) is 4.90 Å². The van der Waals surface area contributed by atoms with Crippen LogP contribution in [0, 0.1) is 0 Å². The second kappa shape index (κ2) is 6.72. The summed E-state index contributed by atoms with van der Waals surface area (Å²) < 4.78 is 5.47. The fourth-order valence-electron chi connectivity index (χ4n) is 2.53. The molecule has 0 bridgehead atoms. The zero-order chi connectivity index (χ0) is 12.9. The molecule has 0 saturated carbocycles. The second-order valence-corrected chi connectivity index (χ2v) is 5.98. The van der Waals surface area contributed by atoms with Gasteiger partial charge in [0.05, 0.1) is 11.7 Å². The van der Waals surface area contributed by atoms with E-state index in [1.54, 1.807) is 7.11 Å². The van der Waals surface area contributed by atoms with Gasteiger partial charge in [-0.2, -0.15) is 0 Å². The van der Waals surface area contributed by atoms with Crippen LogP contribution >= 0.6 is 0 Å². The Kier molecular flexibility index (Phi) is 5.90. The molecule has 1 rings (SSSR count). The van der Waals surface area contributed by atoms with E-state index >= 15 is 0 Å². The lowest BCUT2D eigenvalue weighted by Gasteiger charge is -2.38. The van der Waals surface area contributed by atoms with Gasteiger partial charge in [0, 0.05) is 19.7 Å². The van der Waals surface area contributed by atoms with Crippen LogP contribution in [0.25, 0.3) is 0 Å². The van der Waals surface area contributed by atoms with Gasteiger partial charge in [0.25, 0.3) is 0 Å². The van der Waals surface area contributed by atoms with E-state index in [-0.39, 0.29) is 11.7 Å². The summed E-state index contributed by atoms with van der Waals surface area (Å²) >= 11 is 0. The quantitative estimate of drug-likeness (QED) is 0.777. The highest BCUT2D eigenvalue weighted by Crippen LogP contribution is 2.23. The molecule has 0 aromatic carbocycles. The Morgan fingerprint density at radius 2 is 2.12 bits per heavy atom. The third kappa shape index (κ3) is 5.36. The van der Waals surface area contributed by atoms with Crippen molar-refractivity contribution < 1.29 is 9.84 Å². The van der Waals surface area contributed by atoms with Crippen molar-refractivity contribution in [2.45, 2.75) is 70.6 Å². The Hall–Kier alpha value is -0.120. The van der Waals surface area contributed by atoms with Crippen molar-refractivity contribution >= 4 is 0 Å². The van der Waals surface area contributed by atoms with Gasteiger partial charge in [0.15, 0.2) is 0 Å². The van der Waals surface area contributed by atoms with E-state index in [9.17, 15) is 5.11 Å². The largest absolute Gasteiger partial charge is 0.393 e. The molecule has 1 aliphatic rings. The molecule has 1 heterocycles. The number of nitrogens with zero attached hydrogens (tertiary/aromatic N) is 1. The van der Waals surface area contributed by atoms with Crippen LogP contribution in [0.1, 0.15) is 52.9 Å². The van der Waals surface area contributed by atoms with Gasteiger partial charge < -0.3 is 14.7 Å². The molecule has 0 aromatic rings. The third-order valence-corrected chi connectivity index (χ3v) is 3.92. The Labute approximate surface area is 106 Å². The highest BCUT2D eigenvalue weighted by atomic mass is 16.5. The van der Waals surface area contributed by atoms with E-state index in [0.717, 1.165) is 19.4 Å². The molecule has 2 atom stereocenters. The van der Waals surface area contributed by atoms with E-state index in [2.05, 4.69) is 18.7 Å². The van der Waals surface area contributed by atoms with Crippen LogP contribution in [0.4, 0.5) is 0 Å². The lowest BCUT2D eigenvalue weighted by atomic mass is 9.95. The summed E-state index contributed by atoms with van der Waals surface area (Å²) in [6.07, 6.45) is 5.62. The van der Waals surface area contributed by atoms with Crippen molar-refractivity contribution in [1.29, 1.82) is 0 Å². The maximum Gasteiger partial charge on any atom is 0.0634 e. The average Bonchev–Trinajstić information content (AvgIpc) is 2.27. The first-order valence-corrected chi connectivity index (χ1v) is 6.92. The molecule has 1 aliphatic heterocycles. The highest BCUT2D eigenvalue weighted by molar-refractivity contribution is 4.80. The van der Waals surface area contributed by atoms with E-state index in [4.69, 9.17) is 4.74 Å². The molecule has 3 heteroatoms. The molecule has 17 heavy (non-hydrogen) atoms. The Balaban J connectivity index is 2.42. The van der Waals surface area contributed by atoms with Crippen LogP contribution < -0.4 is 0 Å². The molecule has 102 valence electrons. The van der Waals surface area contributed by atoms with Crippen molar-refractivity contribution in [3.63, 3.8) is 0 Å². The molecule has 0 aliphatic carbocycles. The number of rotatable bonds is 6. The van der Waals surface area contributed by atoms with Gasteiger partial charge in [-0.3, -0.25) is 0 Å². The van der Waals surface area contributed by atoms with E-state index in [0.29, 0.717) is 6.04 Å². The van der Waals surface area contributed by atoms with Crippen LogP contribution in [-0.2, 0) is 4.74 Å². The molecule has 1 N–H and O–H groups in total. The summed E-state index contributed by atoms with van der Waals surface area (Å²) in [6, 6.07) is 0.566. The summed E-state index contributed by atoms with van der Waals surface area (Å²) in [4.78, 5) is 2.54. The zero-order valence-corrected chi connectivity index (χ0v) is 11.9. The minimum Gasteiger partial charge on any atom is -0.393 e. The third-order valence-electron chi connectivity index (χ3n) is 3.92. The first-order valence-electron chi connectivity index (χ1n) is 6.92. The van der Waals surface area contributed by atoms with Gasteiger partial charge in [0.2, 0.25) is 0 Å². The Bertz CT molecular complexity index is 216. The number of hydrogen-bond acceptors (Lipinski definition) is 3. The van der Waals surface area contributed by atoms with Gasteiger partial charge in [0.1, 0.15) is 0 Å². The minimum atomic E-state index is -0.184. The standard InChI is InChI=1S/C14H29NO2/c1-12(16)11-13-7-5-6-9-15(13)10-8-14(2,3)17-4/h12-13,16H,5-11H2,1-4H3. The van der Waals surface area contributed by atoms with Crippen LogP contribution in [0.5, 0.6) is 0 Å². The van der Waals surface area contributed by atoms with Crippen molar-refractivity contribution in [3.05, 3.63) is 0 Å². The lowest BCUT2D eigenvalue weighted by Crippen LogP contribution is -2.43. The first kappa shape index (κ1) is 14.9. The minimum absolute atomic E-state index is 0.0349. The van der Waals surface area contributed by atoms with E-state index in [1.165, 1.54) is 25.8 Å². The number of aliphatic hydroxyl groups is 1. The van der Waals surface area contributed by atoms with Crippen LogP contribution in [0.3, 0.4) is 0 Å². The molecule has 1 fully saturated rings. The second-order valence-electron chi connectivity index (χ2n) is 5.98. The van der Waals surface area contributed by atoms with Crippen LogP contribution in [0.2, 0.25) is 0 Å². The predicted octanol–water partition coefficient (Wildman–Crippen LogP) is 2.43. The molecule has 0 aromatic heterocycles. The summed E-state index contributed by atoms with van der Waals surface area (Å²) in [6.45, 7) is 8.43. The first-order chi connectivity index (χ1) is 7.94. The maximum atomic E-state index is 9.55. The van der Waals surface area contributed by atoms with Gasteiger partial charge in [-0.25, -0.2) is 0 Å². The summed E-state index contributed by atoms with van der Waals surface area (Å²) in [7, 11) is 1.78. The van der Waals surface area contributed by atoms with Gasteiger partial charge in [-0.15, -0.1) is 0 Å². The number of likely N-dealkylation sites (tertiary alicyclic amines) is 1. The molecule has 0 spiro atoms. The number of methoxy groups -OCH3 is 1. The number of ether oxygens (including phenoxy) is 1. The smallest absolute Gasteiger partial charge is 0.0634 e. The zero-order valence-electron chi connectivity index (χ0n) is 11.9. The monoisotopic (exact) mass is 243 g/mol. The SMILES string of the molecule is COC(C)(C)CCN1CCCCC1CC(C)O. The highest BCUT2D eigenvalue weighted by Gasteiger charge is 2.25. The number of hydrogen-bond donors (Lipinski definition) is 1. The average molecular weight is 243 g/mol. The molecule has 0 amide bonds. The van der Waals surface area contributed by atoms with Crippen molar-refractivity contribution in [2.24, 2.45) is 0 Å². The Morgan fingerprint density at radius 3 is 2.71 bits per heavy atom. The molecule has 0 radical (unpaired) electrons. The lowest BCUT2D eigenvalue weighted by molar-refractivity contribution is -0.00236. The Morgan fingerprint density at radius 1 is 1.41 bits per heavy atom. The predicted molar refractivity (Wildman–Crippen MR) is 71.2 cm³/mol.